The summed E-state index contributed by atoms with van der Waals surface area (Å²) in [5, 5.41) is 6.38. The fraction of sp³-hybridized carbons (Fsp3) is 0.200. The molecule has 1 aromatic carbocycles. The number of hydrogen-bond donors (Lipinski definition) is 2. The third-order valence-corrected chi connectivity index (χ3v) is 4.21. The van der Waals surface area contributed by atoms with Gasteiger partial charge in [-0.25, -0.2) is 18.2 Å². The summed E-state index contributed by atoms with van der Waals surface area (Å²) >= 11 is 11.6. The molecule has 0 aliphatic heterocycles. The second-order valence-corrected chi connectivity index (χ2v) is 6.07. The monoisotopic (exact) mass is 336 g/mol. The van der Waals surface area contributed by atoms with Gasteiger partial charge in [-0.1, -0.05) is 23.2 Å². The molecule has 0 saturated carbocycles. The Bertz CT molecular complexity index is 717. The Kier molecular flexibility index (Phi) is 4.36. The van der Waals surface area contributed by atoms with E-state index in [0.717, 1.165) is 0 Å². The van der Waals surface area contributed by atoms with Gasteiger partial charge in [-0.15, -0.1) is 5.10 Å². The van der Waals surface area contributed by atoms with Crippen molar-refractivity contribution in [2.75, 3.05) is 11.3 Å². The summed E-state index contributed by atoms with van der Waals surface area (Å²) in [7, 11) is -3.92. The van der Waals surface area contributed by atoms with Crippen LogP contribution in [0.2, 0.25) is 10.0 Å². The molecule has 0 atom stereocenters. The van der Waals surface area contributed by atoms with Crippen LogP contribution in [0, 0.1) is 0 Å². The standard InChI is InChI=1S/C10H10Cl2N4O3S/c1-2-19-10-13-9(14-15-10)16-20(17,18)8-5-6(11)3-4-7(8)12/h3-5H,2H2,1H3,(H2,13,14,15,16). The van der Waals surface area contributed by atoms with Crippen LogP contribution in [-0.4, -0.2) is 30.2 Å². The van der Waals surface area contributed by atoms with Gasteiger partial charge in [-0.3, -0.25) is 0 Å². The number of sulfonamides is 1. The summed E-state index contributed by atoms with van der Waals surface area (Å²) in [4.78, 5) is 3.66. The minimum atomic E-state index is -3.92. The van der Waals surface area contributed by atoms with E-state index in [1.54, 1.807) is 6.92 Å². The molecule has 0 aliphatic carbocycles. The molecule has 108 valence electrons. The average molecular weight is 337 g/mol. The number of hydrogen-bond acceptors (Lipinski definition) is 5. The topological polar surface area (TPSA) is 97.0 Å². The van der Waals surface area contributed by atoms with Gasteiger partial charge in [0, 0.05) is 5.02 Å². The van der Waals surface area contributed by atoms with Gasteiger partial charge < -0.3 is 4.74 Å². The van der Waals surface area contributed by atoms with Crippen LogP contribution in [0.1, 0.15) is 6.92 Å². The predicted octanol–water partition coefficient (Wildman–Crippen LogP) is 2.31. The Morgan fingerprint density at radius 3 is 2.85 bits per heavy atom. The first-order valence-corrected chi connectivity index (χ1v) is 7.69. The summed E-state index contributed by atoms with van der Waals surface area (Å²) in [6.07, 6.45) is 0. The van der Waals surface area contributed by atoms with Crippen LogP contribution in [0.5, 0.6) is 6.01 Å². The van der Waals surface area contributed by atoms with Gasteiger partial charge in [0.25, 0.3) is 10.0 Å². The molecule has 0 unspecified atom stereocenters. The molecule has 0 saturated heterocycles. The summed E-state index contributed by atoms with van der Waals surface area (Å²) in [5.74, 6) is -0.0792. The number of aromatic nitrogens is 3. The highest BCUT2D eigenvalue weighted by molar-refractivity contribution is 7.92. The van der Waals surface area contributed by atoms with E-state index in [9.17, 15) is 8.42 Å². The maximum Gasteiger partial charge on any atom is 0.337 e. The third-order valence-electron chi connectivity index (χ3n) is 2.15. The Morgan fingerprint density at radius 1 is 1.40 bits per heavy atom. The van der Waals surface area contributed by atoms with Crippen LogP contribution in [-0.2, 0) is 10.0 Å². The van der Waals surface area contributed by atoms with E-state index >= 15 is 0 Å². The highest BCUT2D eigenvalue weighted by atomic mass is 35.5. The minimum Gasteiger partial charge on any atom is -0.463 e. The lowest BCUT2D eigenvalue weighted by molar-refractivity contribution is 0.314. The van der Waals surface area contributed by atoms with Gasteiger partial charge in [0.15, 0.2) is 0 Å². The summed E-state index contributed by atoms with van der Waals surface area (Å²) in [6, 6.07) is 4.17. The summed E-state index contributed by atoms with van der Waals surface area (Å²) in [6.45, 7) is 2.12. The van der Waals surface area contributed by atoms with E-state index in [0.29, 0.717) is 6.61 Å². The Morgan fingerprint density at radius 2 is 2.15 bits per heavy atom. The van der Waals surface area contributed by atoms with E-state index < -0.39 is 10.0 Å². The van der Waals surface area contributed by atoms with Crippen LogP contribution in [0.25, 0.3) is 0 Å². The molecule has 0 radical (unpaired) electrons. The van der Waals surface area contributed by atoms with Crippen molar-refractivity contribution >= 4 is 39.2 Å². The quantitative estimate of drug-likeness (QED) is 0.873. The molecular weight excluding hydrogens is 327 g/mol. The van der Waals surface area contributed by atoms with Crippen molar-refractivity contribution in [2.24, 2.45) is 0 Å². The first-order valence-electron chi connectivity index (χ1n) is 5.45. The van der Waals surface area contributed by atoms with Crippen LogP contribution in [0.15, 0.2) is 23.1 Å². The van der Waals surface area contributed by atoms with E-state index in [-0.39, 0.29) is 26.9 Å². The van der Waals surface area contributed by atoms with Crippen LogP contribution < -0.4 is 9.46 Å². The van der Waals surface area contributed by atoms with Crippen molar-refractivity contribution in [3.05, 3.63) is 28.2 Å². The van der Waals surface area contributed by atoms with Crippen molar-refractivity contribution in [1.82, 2.24) is 15.2 Å². The second-order valence-electron chi connectivity index (χ2n) is 3.58. The SMILES string of the molecule is CCOc1n[nH]c(NS(=O)(=O)c2cc(Cl)ccc2Cl)n1. The molecule has 10 heteroatoms. The van der Waals surface area contributed by atoms with E-state index in [1.807, 2.05) is 0 Å². The molecule has 2 N–H and O–H groups in total. The van der Waals surface area contributed by atoms with Crippen molar-refractivity contribution < 1.29 is 13.2 Å². The minimum absolute atomic E-state index is 0.0439. The van der Waals surface area contributed by atoms with Crippen molar-refractivity contribution in [3.63, 3.8) is 0 Å². The lowest BCUT2D eigenvalue weighted by Crippen LogP contribution is -2.14. The molecule has 0 amide bonds. The molecule has 1 heterocycles. The zero-order valence-electron chi connectivity index (χ0n) is 10.2. The molecule has 0 bridgehead atoms. The smallest absolute Gasteiger partial charge is 0.337 e. The van der Waals surface area contributed by atoms with Crippen LogP contribution in [0.4, 0.5) is 5.95 Å². The molecule has 20 heavy (non-hydrogen) atoms. The van der Waals surface area contributed by atoms with Gasteiger partial charge in [-0.2, -0.15) is 4.98 Å². The molecule has 2 rings (SSSR count). The number of nitrogens with zero attached hydrogens (tertiary/aromatic N) is 2. The average Bonchev–Trinajstić information content (AvgIpc) is 2.79. The Labute approximate surface area is 125 Å². The van der Waals surface area contributed by atoms with E-state index in [1.165, 1.54) is 18.2 Å². The number of H-pyrrole nitrogens is 1. The fourth-order valence-electron chi connectivity index (χ4n) is 1.35. The number of nitrogens with one attached hydrogen (secondary N) is 2. The largest absolute Gasteiger partial charge is 0.463 e. The van der Waals surface area contributed by atoms with Crippen LogP contribution in [0.3, 0.4) is 0 Å². The van der Waals surface area contributed by atoms with E-state index in [4.69, 9.17) is 27.9 Å². The van der Waals surface area contributed by atoms with Crippen molar-refractivity contribution in [2.45, 2.75) is 11.8 Å². The lowest BCUT2D eigenvalue weighted by Gasteiger charge is -2.07. The second kappa shape index (κ2) is 5.86. The zero-order chi connectivity index (χ0) is 14.8. The Hall–Kier alpha value is -1.51. The van der Waals surface area contributed by atoms with Crippen LogP contribution >= 0.6 is 23.2 Å². The number of benzene rings is 1. The van der Waals surface area contributed by atoms with Crippen molar-refractivity contribution in [1.29, 1.82) is 0 Å². The highest BCUT2D eigenvalue weighted by Crippen LogP contribution is 2.26. The van der Waals surface area contributed by atoms with Gasteiger partial charge >= 0.3 is 6.01 Å². The molecule has 0 fully saturated rings. The van der Waals surface area contributed by atoms with E-state index in [2.05, 4.69) is 19.9 Å². The third kappa shape index (κ3) is 3.33. The number of ether oxygens (including phenoxy) is 1. The highest BCUT2D eigenvalue weighted by Gasteiger charge is 2.20. The lowest BCUT2D eigenvalue weighted by atomic mass is 10.4. The predicted molar refractivity (Wildman–Crippen MR) is 74.8 cm³/mol. The van der Waals surface area contributed by atoms with Crippen molar-refractivity contribution in [3.8, 4) is 6.01 Å². The number of aromatic amines is 1. The summed E-state index contributed by atoms with van der Waals surface area (Å²) < 4.78 is 31.5. The molecule has 0 spiro atoms. The number of halogens is 2. The molecular formula is C10H10Cl2N4O3S. The van der Waals surface area contributed by atoms with Gasteiger partial charge in [0.05, 0.1) is 11.6 Å². The van der Waals surface area contributed by atoms with Gasteiger partial charge in [0.2, 0.25) is 5.95 Å². The maximum atomic E-state index is 12.2. The Balaban J connectivity index is 2.28. The molecule has 2 aromatic rings. The first-order chi connectivity index (χ1) is 9.42. The molecule has 1 aromatic heterocycles. The fourth-order valence-corrected chi connectivity index (χ4v) is 3.07. The normalized spacial score (nSPS) is 11.3. The molecule has 0 aliphatic rings. The van der Waals surface area contributed by atoms with Gasteiger partial charge in [0.1, 0.15) is 4.90 Å². The first kappa shape index (κ1) is 14.9. The summed E-state index contributed by atoms with van der Waals surface area (Å²) in [5.41, 5.74) is 0. The zero-order valence-corrected chi connectivity index (χ0v) is 12.6. The molecule has 7 nitrogen and oxygen atoms in total. The maximum absolute atomic E-state index is 12.2. The van der Waals surface area contributed by atoms with Gasteiger partial charge in [-0.05, 0) is 25.1 Å². The number of rotatable bonds is 5. The number of anilines is 1.